The van der Waals surface area contributed by atoms with Gasteiger partial charge in [0.25, 0.3) is 10.1 Å². The van der Waals surface area contributed by atoms with Crippen molar-refractivity contribution in [3.8, 4) is 34.1 Å². The van der Waals surface area contributed by atoms with E-state index in [2.05, 4.69) is 0 Å². The summed E-state index contributed by atoms with van der Waals surface area (Å²) in [5, 5.41) is 1.06. The molecule has 1 N–H and O–H groups in total. The molecule has 3 aromatic carbocycles. The lowest BCUT2D eigenvalue weighted by atomic mass is 10.0. The maximum Gasteiger partial charge on any atom is 0.295 e. The second-order valence-corrected chi connectivity index (χ2v) is 11.3. The van der Waals surface area contributed by atoms with Crippen molar-refractivity contribution in [1.29, 1.82) is 0 Å². The molecule has 3 aromatic rings. The van der Waals surface area contributed by atoms with Crippen LogP contribution >= 0.6 is 0 Å². The number of benzene rings is 3. The van der Waals surface area contributed by atoms with Crippen LogP contribution in [0.5, 0.6) is 23.0 Å². The first-order chi connectivity index (χ1) is 17.4. The minimum Gasteiger partial charge on any atom is -0.496 e. The minimum atomic E-state index is -4.55. The summed E-state index contributed by atoms with van der Waals surface area (Å²) < 4.78 is 81.1. The third-order valence-corrected chi connectivity index (χ3v) is 7.73. The van der Waals surface area contributed by atoms with Crippen molar-refractivity contribution in [2.24, 2.45) is 0 Å². The molecule has 0 unspecified atom stereocenters. The lowest BCUT2D eigenvalue weighted by Gasteiger charge is -2.14. The second kappa shape index (κ2) is 11.2. The molecule has 198 valence electrons. The highest BCUT2D eigenvalue weighted by molar-refractivity contribution is 7.93. The summed E-state index contributed by atoms with van der Waals surface area (Å²) in [6, 6.07) is 12.3. The molecular weight excluding hydrogens is 520 g/mol. The van der Waals surface area contributed by atoms with E-state index in [-0.39, 0.29) is 16.2 Å². The third-order valence-electron chi connectivity index (χ3n) is 5.53. The van der Waals surface area contributed by atoms with Crippen molar-refractivity contribution >= 4 is 26.0 Å². The fraction of sp³-hybridized carbons (Fsp3) is 0.231. The van der Waals surface area contributed by atoms with Gasteiger partial charge in [0, 0.05) is 28.7 Å². The van der Waals surface area contributed by atoms with E-state index in [9.17, 15) is 21.4 Å². The Hall–Kier alpha value is -3.54. The fourth-order valence-corrected chi connectivity index (χ4v) is 5.55. The van der Waals surface area contributed by atoms with Crippen molar-refractivity contribution in [3.63, 3.8) is 0 Å². The predicted molar refractivity (Wildman–Crippen MR) is 141 cm³/mol. The Morgan fingerprint density at radius 1 is 0.757 bits per heavy atom. The maximum absolute atomic E-state index is 13.0. The average molecular weight is 549 g/mol. The van der Waals surface area contributed by atoms with Gasteiger partial charge in [-0.05, 0) is 42.8 Å². The van der Waals surface area contributed by atoms with Gasteiger partial charge < -0.3 is 18.9 Å². The molecule has 0 saturated heterocycles. The first-order valence-corrected chi connectivity index (χ1v) is 14.0. The molecule has 0 radical (unpaired) electrons. The molecule has 0 fully saturated rings. The largest absolute Gasteiger partial charge is 0.496 e. The van der Waals surface area contributed by atoms with E-state index in [0.717, 1.165) is 11.0 Å². The Balaban J connectivity index is 2.03. The summed E-state index contributed by atoms with van der Waals surface area (Å²) in [6.45, 7) is 1.77. The molecule has 0 bridgehead atoms. The molecule has 3 rings (SSSR count). The zero-order valence-corrected chi connectivity index (χ0v) is 22.6. The highest BCUT2D eigenvalue weighted by Gasteiger charge is 2.21. The molecule has 11 heteroatoms. The van der Waals surface area contributed by atoms with E-state index in [0.29, 0.717) is 39.7 Å². The summed E-state index contributed by atoms with van der Waals surface area (Å²) >= 11 is 0. The molecule has 0 aromatic heterocycles. The maximum atomic E-state index is 13.0. The molecule has 0 spiro atoms. The van der Waals surface area contributed by atoms with Gasteiger partial charge in [0.1, 0.15) is 27.9 Å². The molecular formula is C26H28O9S2. The number of rotatable bonds is 10. The van der Waals surface area contributed by atoms with Crippen molar-refractivity contribution in [2.75, 3.05) is 28.4 Å². The van der Waals surface area contributed by atoms with Crippen LogP contribution in [-0.4, -0.2) is 49.8 Å². The van der Waals surface area contributed by atoms with Crippen LogP contribution < -0.4 is 18.9 Å². The monoisotopic (exact) mass is 548 g/mol. The van der Waals surface area contributed by atoms with E-state index in [4.69, 9.17) is 18.9 Å². The molecule has 0 aliphatic rings. The topological polar surface area (TPSA) is 125 Å². The summed E-state index contributed by atoms with van der Waals surface area (Å²) in [5.74, 6) is 1.16. The van der Waals surface area contributed by atoms with Gasteiger partial charge in [-0.1, -0.05) is 17.7 Å². The van der Waals surface area contributed by atoms with Gasteiger partial charge in [-0.15, -0.1) is 0 Å². The minimum absolute atomic E-state index is 0.196. The SMILES string of the molecule is COc1cc(OC)c(/C=C/S(=O)(=O)Cc2ccc(OC)c(-c3cc(C)ccc3S(=O)(=O)O)c2)c(OC)c1. The second-order valence-electron chi connectivity index (χ2n) is 8.06. The quantitative estimate of drug-likeness (QED) is 0.364. The van der Waals surface area contributed by atoms with Crippen molar-refractivity contribution in [3.05, 3.63) is 70.6 Å². The lowest BCUT2D eigenvalue weighted by molar-refractivity contribution is 0.374. The van der Waals surface area contributed by atoms with Gasteiger partial charge in [-0.2, -0.15) is 8.42 Å². The molecule has 9 nitrogen and oxygen atoms in total. The van der Waals surface area contributed by atoms with Crippen LogP contribution in [0.4, 0.5) is 0 Å². The molecule has 0 saturated carbocycles. The van der Waals surface area contributed by atoms with E-state index >= 15 is 0 Å². The first-order valence-electron chi connectivity index (χ1n) is 10.9. The number of aryl methyl sites for hydroxylation is 1. The molecule has 37 heavy (non-hydrogen) atoms. The highest BCUT2D eigenvalue weighted by atomic mass is 32.2. The van der Waals surface area contributed by atoms with Crippen LogP contribution in [0.15, 0.2) is 58.8 Å². The Morgan fingerprint density at radius 2 is 1.38 bits per heavy atom. The van der Waals surface area contributed by atoms with E-state index in [1.807, 2.05) is 0 Å². The van der Waals surface area contributed by atoms with Gasteiger partial charge >= 0.3 is 0 Å². The van der Waals surface area contributed by atoms with Gasteiger partial charge in [-0.25, -0.2) is 8.42 Å². The Labute approximate surface area is 216 Å². The van der Waals surface area contributed by atoms with Crippen LogP contribution in [0.25, 0.3) is 17.2 Å². The third kappa shape index (κ3) is 6.62. The summed E-state index contributed by atoms with van der Waals surface area (Å²) in [6.07, 6.45) is 1.38. The molecule has 0 aliphatic heterocycles. The Morgan fingerprint density at radius 3 is 1.92 bits per heavy atom. The zero-order valence-electron chi connectivity index (χ0n) is 21.0. The smallest absolute Gasteiger partial charge is 0.295 e. The van der Waals surface area contributed by atoms with Crippen molar-refractivity contribution in [1.82, 2.24) is 0 Å². The first kappa shape index (κ1) is 28.0. The fourth-order valence-electron chi connectivity index (χ4n) is 3.78. The number of ether oxygens (including phenoxy) is 4. The lowest BCUT2D eigenvalue weighted by Crippen LogP contribution is -2.04. The average Bonchev–Trinajstić information content (AvgIpc) is 2.85. The normalized spacial score (nSPS) is 11.9. The molecule has 0 amide bonds. The standard InChI is InChI=1S/C26H28O9S2/c1-17-6-9-26(37(29,30)31)22(12-17)21-13-18(7-8-23(21)33-3)16-36(27,28)11-10-20-24(34-4)14-19(32-2)15-25(20)35-5/h6-15H,16H2,1-5H3,(H,29,30,31)/b11-10+. The van der Waals surface area contributed by atoms with Crippen LogP contribution in [0.3, 0.4) is 0 Å². The van der Waals surface area contributed by atoms with Crippen LogP contribution in [0.1, 0.15) is 16.7 Å². The highest BCUT2D eigenvalue weighted by Crippen LogP contribution is 2.37. The van der Waals surface area contributed by atoms with Crippen LogP contribution in [0.2, 0.25) is 0 Å². The molecule has 0 atom stereocenters. The number of methoxy groups -OCH3 is 4. The van der Waals surface area contributed by atoms with Gasteiger partial charge in [0.2, 0.25) is 0 Å². The van der Waals surface area contributed by atoms with Crippen LogP contribution in [0, 0.1) is 6.92 Å². The molecule has 0 aliphatic carbocycles. The summed E-state index contributed by atoms with van der Waals surface area (Å²) in [7, 11) is -2.54. The van der Waals surface area contributed by atoms with E-state index < -0.39 is 20.0 Å². The molecule has 0 heterocycles. The Kier molecular flexibility index (Phi) is 8.52. The summed E-state index contributed by atoms with van der Waals surface area (Å²) in [5.41, 5.74) is 2.07. The van der Waals surface area contributed by atoms with Crippen LogP contribution in [-0.2, 0) is 25.7 Å². The van der Waals surface area contributed by atoms with E-state index in [1.165, 1.54) is 46.6 Å². The zero-order chi connectivity index (χ0) is 27.4. The predicted octanol–water partition coefficient (Wildman–Crippen LogP) is 4.53. The van der Waals surface area contributed by atoms with Gasteiger partial charge in [0.05, 0.1) is 39.8 Å². The van der Waals surface area contributed by atoms with Crippen molar-refractivity contribution < 1.29 is 40.3 Å². The van der Waals surface area contributed by atoms with Gasteiger partial charge in [-0.3, -0.25) is 4.55 Å². The summed E-state index contributed by atoms with van der Waals surface area (Å²) in [4.78, 5) is -0.310. The van der Waals surface area contributed by atoms with E-state index in [1.54, 1.807) is 43.3 Å². The number of hydrogen-bond acceptors (Lipinski definition) is 8. The van der Waals surface area contributed by atoms with Gasteiger partial charge in [0.15, 0.2) is 9.84 Å². The Bertz CT molecular complexity index is 1520. The number of sulfone groups is 1. The van der Waals surface area contributed by atoms with Crippen molar-refractivity contribution in [2.45, 2.75) is 17.6 Å². The number of hydrogen-bond donors (Lipinski definition) is 1.